The van der Waals surface area contributed by atoms with Gasteiger partial charge in [0.25, 0.3) is 6.47 Å². The fraction of sp³-hybridized carbons (Fsp3) is 0.429. The number of hydrogen-bond donors (Lipinski definition) is 0. The van der Waals surface area contributed by atoms with E-state index in [4.69, 9.17) is 4.52 Å². The average Bonchev–Trinajstić information content (AvgIpc) is 2.37. The molecule has 0 atom stereocenters. The summed E-state index contributed by atoms with van der Waals surface area (Å²) in [7, 11) is 0. The van der Waals surface area contributed by atoms with Gasteiger partial charge in [-0.25, -0.2) is 0 Å². The lowest BCUT2D eigenvalue weighted by Gasteiger charge is -1.91. The van der Waals surface area contributed by atoms with E-state index < -0.39 is 0 Å². The zero-order valence-corrected chi connectivity index (χ0v) is 6.24. The van der Waals surface area contributed by atoms with Gasteiger partial charge in [0.2, 0.25) is 0 Å². The minimum absolute atomic E-state index is 0.357. The Labute approximate surface area is 64.1 Å². The van der Waals surface area contributed by atoms with E-state index in [2.05, 4.69) is 9.89 Å². The molecule has 4 nitrogen and oxygen atoms in total. The van der Waals surface area contributed by atoms with Gasteiger partial charge < -0.3 is 9.26 Å². The van der Waals surface area contributed by atoms with E-state index in [9.17, 15) is 4.79 Å². The largest absolute Gasteiger partial charge is 0.467 e. The minimum atomic E-state index is 0.357. The van der Waals surface area contributed by atoms with Crippen molar-refractivity contribution in [1.82, 2.24) is 5.16 Å². The van der Waals surface area contributed by atoms with Gasteiger partial charge in [0.1, 0.15) is 5.76 Å². The van der Waals surface area contributed by atoms with E-state index in [1.165, 1.54) is 0 Å². The van der Waals surface area contributed by atoms with Crippen molar-refractivity contribution < 1.29 is 14.1 Å². The molecule has 60 valence electrons. The molecule has 0 fully saturated rings. The van der Waals surface area contributed by atoms with Gasteiger partial charge in [0.15, 0.2) is 0 Å². The lowest BCUT2D eigenvalue weighted by atomic mass is 10.3. The topological polar surface area (TPSA) is 52.3 Å². The van der Waals surface area contributed by atoms with Crippen LogP contribution in [0, 0.1) is 6.92 Å². The van der Waals surface area contributed by atoms with Crippen molar-refractivity contribution >= 4 is 6.47 Å². The molecule has 0 bridgehead atoms. The summed E-state index contributed by atoms with van der Waals surface area (Å²) < 4.78 is 9.29. The van der Waals surface area contributed by atoms with Crippen molar-refractivity contribution in [1.29, 1.82) is 0 Å². The van der Waals surface area contributed by atoms with Crippen molar-refractivity contribution in [2.75, 3.05) is 6.61 Å². The Bertz CT molecular complexity index is 231. The number of carbonyl (C=O) groups is 1. The second-order valence-electron chi connectivity index (χ2n) is 2.15. The average molecular weight is 155 g/mol. The van der Waals surface area contributed by atoms with E-state index in [0.717, 1.165) is 11.5 Å². The molecular weight excluding hydrogens is 146 g/mol. The van der Waals surface area contributed by atoms with Crippen LogP contribution in [0.4, 0.5) is 0 Å². The maximum Gasteiger partial charge on any atom is 0.293 e. The first-order valence-corrected chi connectivity index (χ1v) is 3.30. The Hall–Kier alpha value is -1.32. The fourth-order valence-corrected chi connectivity index (χ4v) is 0.747. The number of aryl methyl sites for hydroxylation is 1. The Kier molecular flexibility index (Phi) is 2.66. The number of aromatic nitrogens is 1. The molecule has 0 aliphatic heterocycles. The lowest BCUT2D eigenvalue weighted by Crippen LogP contribution is -1.96. The first kappa shape index (κ1) is 7.78. The summed E-state index contributed by atoms with van der Waals surface area (Å²) in [5.74, 6) is 0.770. The van der Waals surface area contributed by atoms with Gasteiger partial charge in [-0.15, -0.1) is 0 Å². The Morgan fingerprint density at radius 1 is 1.82 bits per heavy atom. The number of ether oxygens (including phenoxy) is 1. The Balaban J connectivity index is 2.32. The maximum absolute atomic E-state index is 9.73. The van der Waals surface area contributed by atoms with Gasteiger partial charge in [-0.05, 0) is 6.92 Å². The van der Waals surface area contributed by atoms with Crippen LogP contribution >= 0.6 is 0 Å². The van der Waals surface area contributed by atoms with Crippen LogP contribution in [-0.2, 0) is 16.0 Å². The number of carbonyl (C=O) groups excluding carboxylic acids is 1. The van der Waals surface area contributed by atoms with E-state index in [-0.39, 0.29) is 0 Å². The molecule has 0 aliphatic rings. The predicted octanol–water partition coefficient (Wildman–Crippen LogP) is 0.699. The fourth-order valence-electron chi connectivity index (χ4n) is 0.747. The molecule has 1 heterocycles. The zero-order valence-electron chi connectivity index (χ0n) is 6.24. The van der Waals surface area contributed by atoms with Gasteiger partial charge in [0.05, 0.1) is 12.3 Å². The van der Waals surface area contributed by atoms with Gasteiger partial charge in [-0.1, -0.05) is 5.16 Å². The molecule has 0 aliphatic carbocycles. The van der Waals surface area contributed by atoms with Crippen LogP contribution in [0.25, 0.3) is 0 Å². The van der Waals surface area contributed by atoms with Crippen molar-refractivity contribution in [2.45, 2.75) is 13.3 Å². The minimum Gasteiger partial charge on any atom is -0.467 e. The monoisotopic (exact) mass is 155 g/mol. The third-order valence-corrected chi connectivity index (χ3v) is 1.22. The number of rotatable bonds is 4. The van der Waals surface area contributed by atoms with Gasteiger partial charge >= 0.3 is 0 Å². The molecule has 11 heavy (non-hydrogen) atoms. The van der Waals surface area contributed by atoms with Gasteiger partial charge in [0, 0.05) is 12.5 Å². The van der Waals surface area contributed by atoms with E-state index >= 15 is 0 Å². The highest BCUT2D eigenvalue weighted by atomic mass is 16.5. The van der Waals surface area contributed by atoms with Crippen LogP contribution in [0.2, 0.25) is 0 Å². The molecule has 1 aromatic heterocycles. The van der Waals surface area contributed by atoms with Crippen molar-refractivity contribution in [2.24, 2.45) is 0 Å². The first-order valence-electron chi connectivity index (χ1n) is 3.30. The van der Waals surface area contributed by atoms with E-state index in [1.54, 1.807) is 0 Å². The Morgan fingerprint density at radius 3 is 3.18 bits per heavy atom. The lowest BCUT2D eigenvalue weighted by molar-refractivity contribution is -0.128. The second kappa shape index (κ2) is 3.75. The third kappa shape index (κ3) is 2.41. The molecule has 0 saturated carbocycles. The highest BCUT2D eigenvalue weighted by Crippen LogP contribution is 2.01. The molecule has 0 amide bonds. The standard InChI is InChI=1S/C7H9NO3/c1-6-4-7(8-11-6)2-3-10-5-9/h4-5H,2-3H2,1H3. The predicted molar refractivity (Wildman–Crippen MR) is 37.0 cm³/mol. The quantitative estimate of drug-likeness (QED) is 0.474. The first-order chi connectivity index (χ1) is 5.33. The summed E-state index contributed by atoms with van der Waals surface area (Å²) in [4.78, 5) is 9.73. The van der Waals surface area contributed by atoms with Crippen LogP contribution in [0.5, 0.6) is 0 Å². The summed E-state index contributed by atoms with van der Waals surface area (Å²) in [6, 6.07) is 1.81. The van der Waals surface area contributed by atoms with Crippen LogP contribution < -0.4 is 0 Å². The van der Waals surface area contributed by atoms with E-state index in [1.807, 2.05) is 13.0 Å². The van der Waals surface area contributed by atoms with Crippen LogP contribution in [-0.4, -0.2) is 18.2 Å². The maximum atomic E-state index is 9.73. The molecule has 0 unspecified atom stereocenters. The third-order valence-electron chi connectivity index (χ3n) is 1.22. The molecule has 0 radical (unpaired) electrons. The molecule has 0 aromatic carbocycles. The summed E-state index contributed by atoms with van der Waals surface area (Å²) in [5.41, 5.74) is 0.810. The van der Waals surface area contributed by atoms with Crippen LogP contribution in [0.15, 0.2) is 10.6 Å². The molecule has 0 saturated heterocycles. The van der Waals surface area contributed by atoms with Crippen molar-refractivity contribution in [3.63, 3.8) is 0 Å². The number of hydrogen-bond acceptors (Lipinski definition) is 4. The highest BCUT2D eigenvalue weighted by Gasteiger charge is 1.98. The number of nitrogens with zero attached hydrogens (tertiary/aromatic N) is 1. The smallest absolute Gasteiger partial charge is 0.293 e. The zero-order chi connectivity index (χ0) is 8.10. The summed E-state index contributed by atoms with van der Waals surface area (Å²) in [6.07, 6.45) is 0.607. The molecule has 0 N–H and O–H groups in total. The summed E-state index contributed by atoms with van der Waals surface area (Å²) in [6.45, 7) is 2.60. The SMILES string of the molecule is Cc1cc(CCOC=O)no1. The summed E-state index contributed by atoms with van der Waals surface area (Å²) >= 11 is 0. The van der Waals surface area contributed by atoms with Crippen molar-refractivity contribution in [3.8, 4) is 0 Å². The molecule has 0 spiro atoms. The van der Waals surface area contributed by atoms with Crippen LogP contribution in [0.1, 0.15) is 11.5 Å². The summed E-state index contributed by atoms with van der Waals surface area (Å²) in [5, 5.41) is 3.72. The normalized spacial score (nSPS) is 9.55. The molecular formula is C7H9NO3. The van der Waals surface area contributed by atoms with Gasteiger partial charge in [-0.2, -0.15) is 0 Å². The molecule has 4 heteroatoms. The van der Waals surface area contributed by atoms with Gasteiger partial charge in [-0.3, -0.25) is 4.79 Å². The highest BCUT2D eigenvalue weighted by molar-refractivity contribution is 5.36. The molecule has 1 rings (SSSR count). The van der Waals surface area contributed by atoms with Crippen molar-refractivity contribution in [3.05, 3.63) is 17.5 Å². The second-order valence-corrected chi connectivity index (χ2v) is 2.15. The van der Waals surface area contributed by atoms with Crippen LogP contribution in [0.3, 0.4) is 0 Å². The molecule has 1 aromatic rings. The van der Waals surface area contributed by atoms with E-state index in [0.29, 0.717) is 19.5 Å². The Morgan fingerprint density at radius 2 is 2.64 bits per heavy atom.